The number of nitrogens with zero attached hydrogens (tertiary/aromatic N) is 3. The van der Waals surface area contributed by atoms with E-state index < -0.39 is 0 Å². The molecule has 4 N–H and O–H groups in total. The van der Waals surface area contributed by atoms with Gasteiger partial charge < -0.3 is 10.7 Å². The van der Waals surface area contributed by atoms with Gasteiger partial charge in [-0.25, -0.2) is 20.8 Å². The summed E-state index contributed by atoms with van der Waals surface area (Å²) < 4.78 is 0. The van der Waals surface area contributed by atoms with Crippen molar-refractivity contribution in [1.29, 1.82) is 0 Å². The van der Waals surface area contributed by atoms with E-state index >= 15 is 0 Å². The van der Waals surface area contributed by atoms with Gasteiger partial charge in [-0.15, -0.1) is 11.3 Å². The van der Waals surface area contributed by atoms with Gasteiger partial charge in [-0.3, -0.25) is 0 Å². The molecule has 6 nitrogen and oxygen atoms in total. The molecule has 1 saturated carbocycles. The lowest BCUT2D eigenvalue weighted by Gasteiger charge is -2.13. The summed E-state index contributed by atoms with van der Waals surface area (Å²) >= 11 is 1.69. The van der Waals surface area contributed by atoms with Crippen LogP contribution in [0.15, 0.2) is 12.3 Å². The fourth-order valence-electron chi connectivity index (χ4n) is 1.99. The first-order valence-electron chi connectivity index (χ1n) is 6.70. The number of aromatic nitrogens is 3. The molecule has 0 spiro atoms. The van der Waals surface area contributed by atoms with E-state index in [1.54, 1.807) is 11.3 Å². The predicted octanol–water partition coefficient (Wildman–Crippen LogP) is 2.58. The van der Waals surface area contributed by atoms with Crippen LogP contribution in [0.4, 0.5) is 11.6 Å². The molecule has 0 saturated heterocycles. The molecule has 106 valence electrons. The Kier molecular flexibility index (Phi) is 3.54. The number of nitrogen functional groups attached to an aromatic ring is 1. The highest BCUT2D eigenvalue weighted by atomic mass is 32.1. The molecule has 3 rings (SSSR count). The van der Waals surface area contributed by atoms with Crippen molar-refractivity contribution in [2.24, 2.45) is 5.84 Å². The third-order valence-corrected chi connectivity index (χ3v) is 4.30. The molecule has 1 atom stereocenters. The van der Waals surface area contributed by atoms with Gasteiger partial charge in [0.25, 0.3) is 0 Å². The molecule has 20 heavy (non-hydrogen) atoms. The summed E-state index contributed by atoms with van der Waals surface area (Å²) in [6.45, 7) is 4.13. The Morgan fingerprint density at radius 2 is 2.10 bits per heavy atom. The molecule has 1 unspecified atom stereocenters. The molecule has 1 aliphatic carbocycles. The number of hydrogen-bond acceptors (Lipinski definition) is 7. The summed E-state index contributed by atoms with van der Waals surface area (Å²) in [5.41, 5.74) is 2.60. The van der Waals surface area contributed by atoms with Crippen molar-refractivity contribution in [3.63, 3.8) is 0 Å². The third kappa shape index (κ3) is 2.88. The fraction of sp³-hybridized carbons (Fsp3) is 0.462. The van der Waals surface area contributed by atoms with Gasteiger partial charge >= 0.3 is 0 Å². The van der Waals surface area contributed by atoms with Crippen LogP contribution in [0.25, 0.3) is 0 Å². The fourth-order valence-corrected chi connectivity index (χ4v) is 2.77. The molecule has 2 aromatic heterocycles. The van der Waals surface area contributed by atoms with Crippen LogP contribution in [0.5, 0.6) is 0 Å². The van der Waals surface area contributed by atoms with Gasteiger partial charge in [0.2, 0.25) is 0 Å². The Balaban J connectivity index is 1.80. The van der Waals surface area contributed by atoms with Crippen LogP contribution in [-0.4, -0.2) is 15.0 Å². The van der Waals surface area contributed by atoms with Crippen LogP contribution in [0, 0.1) is 6.92 Å². The van der Waals surface area contributed by atoms with E-state index in [9.17, 15) is 0 Å². The van der Waals surface area contributed by atoms with Gasteiger partial charge in [0, 0.05) is 23.1 Å². The van der Waals surface area contributed by atoms with Gasteiger partial charge in [0.05, 0.1) is 6.04 Å². The number of aryl methyl sites for hydroxylation is 1. The summed E-state index contributed by atoms with van der Waals surface area (Å²) in [5, 5.41) is 4.42. The molecule has 0 amide bonds. The lowest BCUT2D eigenvalue weighted by molar-refractivity contribution is 0.844. The number of hydrazine groups is 1. The molecular weight excluding hydrogens is 272 g/mol. The topological polar surface area (TPSA) is 88.8 Å². The van der Waals surface area contributed by atoms with Gasteiger partial charge in [-0.05, 0) is 26.7 Å². The normalized spacial score (nSPS) is 15.9. The third-order valence-electron chi connectivity index (χ3n) is 3.21. The SMILES string of the molecule is Cc1cnc(C(C)Nc2cc(NN)nc(C3CC3)n2)s1. The van der Waals surface area contributed by atoms with Crippen LogP contribution in [-0.2, 0) is 0 Å². The maximum Gasteiger partial charge on any atom is 0.145 e. The highest BCUT2D eigenvalue weighted by Gasteiger charge is 2.27. The zero-order chi connectivity index (χ0) is 14.1. The largest absolute Gasteiger partial charge is 0.361 e. The molecule has 1 fully saturated rings. The van der Waals surface area contributed by atoms with E-state index in [1.807, 2.05) is 12.3 Å². The first-order chi connectivity index (χ1) is 9.65. The quantitative estimate of drug-likeness (QED) is 0.579. The minimum absolute atomic E-state index is 0.112. The monoisotopic (exact) mass is 290 g/mol. The Hall–Kier alpha value is -1.73. The van der Waals surface area contributed by atoms with E-state index in [-0.39, 0.29) is 6.04 Å². The van der Waals surface area contributed by atoms with Crippen LogP contribution < -0.4 is 16.6 Å². The van der Waals surface area contributed by atoms with Crippen molar-refractivity contribution in [2.45, 2.75) is 38.6 Å². The van der Waals surface area contributed by atoms with Crippen molar-refractivity contribution in [1.82, 2.24) is 15.0 Å². The number of rotatable bonds is 5. The number of nitrogens with two attached hydrogens (primary N) is 1. The van der Waals surface area contributed by atoms with E-state index in [2.05, 4.69) is 39.5 Å². The van der Waals surface area contributed by atoms with Crippen molar-refractivity contribution in [3.8, 4) is 0 Å². The minimum atomic E-state index is 0.112. The summed E-state index contributed by atoms with van der Waals surface area (Å²) in [4.78, 5) is 14.6. The Morgan fingerprint density at radius 1 is 1.35 bits per heavy atom. The Labute approximate surface area is 121 Å². The Morgan fingerprint density at radius 3 is 2.70 bits per heavy atom. The summed E-state index contributed by atoms with van der Waals surface area (Å²) in [5.74, 6) is 8.26. The average Bonchev–Trinajstić information content (AvgIpc) is 3.20. The second-order valence-electron chi connectivity index (χ2n) is 5.09. The first kappa shape index (κ1) is 13.3. The number of thiazole rings is 1. The lowest BCUT2D eigenvalue weighted by atomic mass is 10.3. The summed E-state index contributed by atoms with van der Waals surface area (Å²) in [7, 11) is 0. The second-order valence-corrected chi connectivity index (χ2v) is 6.36. The Bertz CT molecular complexity index is 607. The number of nitrogens with one attached hydrogen (secondary N) is 2. The maximum atomic E-state index is 5.48. The molecule has 2 aromatic rings. The van der Waals surface area contributed by atoms with E-state index in [1.165, 1.54) is 4.88 Å². The van der Waals surface area contributed by atoms with E-state index in [0.717, 1.165) is 29.5 Å². The van der Waals surface area contributed by atoms with Crippen LogP contribution in [0.1, 0.15) is 47.4 Å². The zero-order valence-electron chi connectivity index (χ0n) is 11.6. The predicted molar refractivity (Wildman–Crippen MR) is 80.7 cm³/mol. The maximum absolute atomic E-state index is 5.48. The van der Waals surface area contributed by atoms with Crippen LogP contribution in [0.3, 0.4) is 0 Å². The molecular formula is C13H18N6S. The van der Waals surface area contributed by atoms with Gasteiger partial charge in [-0.2, -0.15) is 0 Å². The van der Waals surface area contributed by atoms with Crippen molar-refractivity contribution < 1.29 is 0 Å². The van der Waals surface area contributed by atoms with Crippen molar-refractivity contribution in [2.75, 3.05) is 10.7 Å². The molecule has 2 heterocycles. The van der Waals surface area contributed by atoms with Crippen LogP contribution in [0.2, 0.25) is 0 Å². The number of anilines is 2. The smallest absolute Gasteiger partial charge is 0.145 e. The van der Waals surface area contributed by atoms with Gasteiger partial charge in [0.15, 0.2) is 0 Å². The lowest BCUT2D eigenvalue weighted by Crippen LogP contribution is -2.13. The molecule has 0 aromatic carbocycles. The van der Waals surface area contributed by atoms with Gasteiger partial charge in [0.1, 0.15) is 22.5 Å². The molecule has 0 bridgehead atoms. The average molecular weight is 290 g/mol. The zero-order valence-corrected chi connectivity index (χ0v) is 12.4. The highest BCUT2D eigenvalue weighted by molar-refractivity contribution is 7.11. The van der Waals surface area contributed by atoms with Crippen LogP contribution >= 0.6 is 11.3 Å². The van der Waals surface area contributed by atoms with Crippen molar-refractivity contribution >= 4 is 23.0 Å². The molecule has 0 radical (unpaired) electrons. The summed E-state index contributed by atoms with van der Waals surface area (Å²) in [6, 6.07) is 1.93. The number of hydrogen-bond donors (Lipinski definition) is 3. The highest BCUT2D eigenvalue weighted by Crippen LogP contribution is 2.39. The minimum Gasteiger partial charge on any atom is -0.361 e. The molecule has 0 aliphatic heterocycles. The van der Waals surface area contributed by atoms with E-state index in [4.69, 9.17) is 5.84 Å². The molecule has 7 heteroatoms. The molecule has 1 aliphatic rings. The van der Waals surface area contributed by atoms with E-state index in [0.29, 0.717) is 11.7 Å². The first-order valence-corrected chi connectivity index (χ1v) is 7.52. The summed E-state index contributed by atoms with van der Waals surface area (Å²) in [6.07, 6.45) is 4.21. The van der Waals surface area contributed by atoms with Crippen molar-refractivity contribution in [3.05, 3.63) is 28.0 Å². The van der Waals surface area contributed by atoms with Gasteiger partial charge in [-0.1, -0.05) is 0 Å². The standard InChI is InChI=1S/C13H18N6S/c1-7-6-15-13(20-7)8(2)16-10-5-11(19-14)18-12(17-10)9-3-4-9/h5-6,8-9H,3-4,14H2,1-2H3,(H2,16,17,18,19). The second kappa shape index (κ2) is 5.34.